The van der Waals surface area contributed by atoms with Crippen LogP contribution < -0.4 is 14.8 Å². The van der Waals surface area contributed by atoms with E-state index in [4.69, 9.17) is 25.8 Å². The topological polar surface area (TPSA) is 73.9 Å². The van der Waals surface area contributed by atoms with Gasteiger partial charge in [-0.3, -0.25) is 4.79 Å². The van der Waals surface area contributed by atoms with Gasteiger partial charge >= 0.3 is 5.97 Å². The van der Waals surface area contributed by atoms with E-state index in [0.29, 0.717) is 39.8 Å². The van der Waals surface area contributed by atoms with Crippen LogP contribution in [-0.4, -0.2) is 25.5 Å². The zero-order chi connectivity index (χ0) is 24.2. The van der Waals surface area contributed by atoms with Crippen LogP contribution in [0.2, 0.25) is 5.02 Å². The molecule has 6 nitrogen and oxygen atoms in total. The molecule has 0 saturated carbocycles. The zero-order valence-electron chi connectivity index (χ0n) is 19.6. The quantitative estimate of drug-likeness (QED) is 0.529. The number of hydrogen-bond donors (Lipinski definition) is 1. The molecule has 1 N–H and O–H groups in total. The van der Waals surface area contributed by atoms with E-state index < -0.39 is 11.9 Å². The number of nitrogens with one attached hydrogen (secondary N) is 1. The molecule has 4 rings (SSSR count). The Morgan fingerprint density at radius 2 is 1.94 bits per heavy atom. The summed E-state index contributed by atoms with van der Waals surface area (Å²) in [6.07, 6.45) is 2.02. The fourth-order valence-electron chi connectivity index (χ4n) is 4.60. The first-order chi connectivity index (χ1) is 16.4. The van der Waals surface area contributed by atoms with Crippen LogP contribution in [-0.2, 0) is 20.9 Å². The van der Waals surface area contributed by atoms with Crippen molar-refractivity contribution in [2.24, 2.45) is 0 Å². The number of allylic oxidation sites excluding steroid dienone is 3. The molecule has 0 spiro atoms. The van der Waals surface area contributed by atoms with Gasteiger partial charge in [0.15, 0.2) is 5.78 Å². The van der Waals surface area contributed by atoms with Gasteiger partial charge in [0.1, 0.15) is 18.1 Å². The summed E-state index contributed by atoms with van der Waals surface area (Å²) in [4.78, 5) is 26.1. The Morgan fingerprint density at radius 3 is 2.68 bits per heavy atom. The first kappa shape index (κ1) is 23.9. The number of esters is 1. The van der Waals surface area contributed by atoms with E-state index in [-0.39, 0.29) is 19.0 Å². The smallest absolute Gasteiger partial charge is 0.336 e. The van der Waals surface area contributed by atoms with Crippen LogP contribution in [0.4, 0.5) is 0 Å². The second-order valence-electron chi connectivity index (χ2n) is 8.28. The van der Waals surface area contributed by atoms with Crippen LogP contribution in [0, 0.1) is 0 Å². The first-order valence-electron chi connectivity index (χ1n) is 11.4. The summed E-state index contributed by atoms with van der Waals surface area (Å²) in [5, 5.41) is 3.82. The Morgan fingerprint density at radius 1 is 1.15 bits per heavy atom. The number of methoxy groups -OCH3 is 1. The summed E-state index contributed by atoms with van der Waals surface area (Å²) in [6.45, 7) is 4.09. The highest BCUT2D eigenvalue weighted by atomic mass is 35.5. The molecule has 1 aliphatic heterocycles. The average Bonchev–Trinajstić information content (AvgIpc) is 2.82. The lowest BCUT2D eigenvalue weighted by molar-refractivity contribution is -0.138. The van der Waals surface area contributed by atoms with Gasteiger partial charge in [0.05, 0.1) is 24.3 Å². The largest absolute Gasteiger partial charge is 0.496 e. The van der Waals surface area contributed by atoms with E-state index in [1.54, 1.807) is 26.2 Å². The highest BCUT2D eigenvalue weighted by Gasteiger charge is 2.39. The van der Waals surface area contributed by atoms with E-state index in [2.05, 4.69) is 5.32 Å². The predicted molar refractivity (Wildman–Crippen MR) is 130 cm³/mol. The maximum Gasteiger partial charge on any atom is 0.336 e. The number of Topliss-reactive ketones (excluding diaryl/α,β-unsaturated/α-hetero) is 1. The first-order valence-corrected chi connectivity index (χ1v) is 11.8. The molecule has 1 heterocycles. The summed E-state index contributed by atoms with van der Waals surface area (Å²) >= 11 is 6.24. The lowest BCUT2D eigenvalue weighted by Crippen LogP contribution is -2.34. The van der Waals surface area contributed by atoms with Crippen LogP contribution in [0.15, 0.2) is 65.0 Å². The summed E-state index contributed by atoms with van der Waals surface area (Å²) in [5.74, 6) is 0.319. The third-order valence-corrected chi connectivity index (χ3v) is 6.44. The summed E-state index contributed by atoms with van der Waals surface area (Å²) < 4.78 is 16.9. The Labute approximate surface area is 204 Å². The monoisotopic (exact) mass is 481 g/mol. The number of para-hydroxylation sites is 1. The molecule has 0 aromatic heterocycles. The molecule has 0 fully saturated rings. The lowest BCUT2D eigenvalue weighted by atomic mass is 9.75. The number of hydrogen-bond acceptors (Lipinski definition) is 6. The Kier molecular flexibility index (Phi) is 7.27. The van der Waals surface area contributed by atoms with E-state index in [1.165, 1.54) is 0 Å². The van der Waals surface area contributed by atoms with E-state index in [1.807, 2.05) is 37.3 Å². The van der Waals surface area contributed by atoms with Crippen LogP contribution in [0.25, 0.3) is 0 Å². The van der Waals surface area contributed by atoms with Gasteiger partial charge in [-0.25, -0.2) is 4.79 Å². The van der Waals surface area contributed by atoms with Crippen LogP contribution in [0.3, 0.4) is 0 Å². The molecular weight excluding hydrogens is 454 g/mol. The summed E-state index contributed by atoms with van der Waals surface area (Å²) in [6, 6.07) is 12.9. The second-order valence-corrected chi connectivity index (χ2v) is 8.68. The second kappa shape index (κ2) is 10.3. The predicted octanol–water partition coefficient (Wildman–Crippen LogP) is 5.46. The molecule has 2 aromatic rings. The molecule has 0 unspecified atom stereocenters. The summed E-state index contributed by atoms with van der Waals surface area (Å²) in [7, 11) is 1.60. The number of ketones is 1. The molecule has 2 aliphatic rings. The molecule has 34 heavy (non-hydrogen) atoms. The van der Waals surface area contributed by atoms with Crippen molar-refractivity contribution in [1.82, 2.24) is 5.32 Å². The maximum absolute atomic E-state index is 13.1. The third-order valence-electron chi connectivity index (χ3n) is 6.13. The van der Waals surface area contributed by atoms with Crippen LogP contribution in [0.5, 0.6) is 11.5 Å². The SMILES string of the molecule is CCOC(=O)C1=C(C)NC2=C(C(=O)CCC2)[C@@H]1c1ccc(OC)c(COc2ccccc2Cl)c1. The number of carbonyl (C=O) groups excluding carboxylic acids is 2. The number of ether oxygens (including phenoxy) is 3. The van der Waals surface area contributed by atoms with Gasteiger partial charge < -0.3 is 19.5 Å². The van der Waals surface area contributed by atoms with Crippen molar-refractivity contribution in [3.8, 4) is 11.5 Å². The van der Waals surface area contributed by atoms with Crippen molar-refractivity contribution in [3.63, 3.8) is 0 Å². The van der Waals surface area contributed by atoms with Gasteiger partial charge in [-0.15, -0.1) is 0 Å². The molecule has 1 atom stereocenters. The number of carbonyl (C=O) groups is 2. The molecule has 1 aliphatic carbocycles. The average molecular weight is 482 g/mol. The Bertz CT molecular complexity index is 1180. The highest BCUT2D eigenvalue weighted by molar-refractivity contribution is 6.32. The van der Waals surface area contributed by atoms with Gasteiger partial charge in [0, 0.05) is 34.9 Å². The van der Waals surface area contributed by atoms with Crippen molar-refractivity contribution < 1.29 is 23.8 Å². The standard InChI is InChI=1S/C27H28ClNO5/c1-4-33-27(31)24-16(2)29-20-9-7-10-21(30)26(20)25(24)17-12-13-22(32-3)18(14-17)15-34-23-11-6-5-8-19(23)28/h5-6,8,11-14,25,29H,4,7,9-10,15H2,1-3H3/t25-/m1/s1. The molecule has 0 saturated heterocycles. The maximum atomic E-state index is 13.1. The third kappa shape index (κ3) is 4.68. The molecule has 178 valence electrons. The molecule has 0 bridgehead atoms. The fraction of sp³-hybridized carbons (Fsp3) is 0.333. The molecule has 0 radical (unpaired) electrons. The van der Waals surface area contributed by atoms with Crippen LogP contribution >= 0.6 is 11.6 Å². The van der Waals surface area contributed by atoms with E-state index in [9.17, 15) is 9.59 Å². The Hall–Kier alpha value is -3.25. The van der Waals surface area contributed by atoms with Crippen molar-refractivity contribution in [2.75, 3.05) is 13.7 Å². The molecule has 7 heteroatoms. The number of dihydropyridines is 1. The number of rotatable bonds is 7. The van der Waals surface area contributed by atoms with Gasteiger partial charge in [0.25, 0.3) is 0 Å². The van der Waals surface area contributed by atoms with Gasteiger partial charge in [-0.2, -0.15) is 0 Å². The van der Waals surface area contributed by atoms with Crippen molar-refractivity contribution in [3.05, 3.63) is 81.2 Å². The lowest BCUT2D eigenvalue weighted by Gasteiger charge is -2.34. The minimum absolute atomic E-state index is 0.0535. The molecule has 0 amide bonds. The molecule has 2 aromatic carbocycles. The fourth-order valence-corrected chi connectivity index (χ4v) is 4.79. The summed E-state index contributed by atoms with van der Waals surface area (Å²) in [5.41, 5.74) is 4.29. The minimum Gasteiger partial charge on any atom is -0.496 e. The van der Waals surface area contributed by atoms with E-state index in [0.717, 1.165) is 29.7 Å². The molecular formula is C27H28ClNO5. The minimum atomic E-state index is -0.520. The van der Waals surface area contributed by atoms with Crippen LogP contribution in [0.1, 0.15) is 50.2 Å². The number of benzene rings is 2. The number of halogens is 1. The van der Waals surface area contributed by atoms with E-state index >= 15 is 0 Å². The normalized spacial score (nSPS) is 17.8. The zero-order valence-corrected chi connectivity index (χ0v) is 20.3. The van der Waals surface area contributed by atoms with Crippen molar-refractivity contribution in [2.45, 2.75) is 45.6 Å². The van der Waals surface area contributed by atoms with Crippen molar-refractivity contribution in [1.29, 1.82) is 0 Å². The van der Waals surface area contributed by atoms with Gasteiger partial charge in [-0.05, 0) is 56.5 Å². The van der Waals surface area contributed by atoms with Gasteiger partial charge in [-0.1, -0.05) is 29.8 Å². The van der Waals surface area contributed by atoms with Gasteiger partial charge in [0.2, 0.25) is 0 Å². The highest BCUT2D eigenvalue weighted by Crippen LogP contribution is 2.43. The van der Waals surface area contributed by atoms with Crippen molar-refractivity contribution >= 4 is 23.4 Å². The Balaban J connectivity index is 1.77.